The first kappa shape index (κ1) is 16.0. The van der Waals surface area contributed by atoms with Crippen LogP contribution in [0.1, 0.15) is 42.2 Å². The molecule has 1 aromatic heterocycles. The lowest BCUT2D eigenvalue weighted by molar-refractivity contribution is 0.0948. The molecule has 1 amide bonds. The van der Waals surface area contributed by atoms with Crippen LogP contribution >= 0.6 is 0 Å². The van der Waals surface area contributed by atoms with Crippen molar-refractivity contribution in [2.24, 2.45) is 5.84 Å². The van der Waals surface area contributed by atoms with Gasteiger partial charge in [0.25, 0.3) is 5.91 Å². The zero-order valence-corrected chi connectivity index (χ0v) is 13.0. The monoisotopic (exact) mass is 302 g/mol. The molecule has 0 saturated heterocycles. The van der Waals surface area contributed by atoms with E-state index in [1.165, 1.54) is 12.8 Å². The van der Waals surface area contributed by atoms with Gasteiger partial charge in [-0.2, -0.15) is 5.10 Å². The van der Waals surface area contributed by atoms with Crippen molar-refractivity contribution >= 4 is 5.91 Å². The van der Waals surface area contributed by atoms with E-state index in [2.05, 4.69) is 22.5 Å². The Bertz CT molecular complexity index is 620. The second-order valence-corrected chi connectivity index (χ2v) is 5.13. The minimum atomic E-state index is -0.382. The van der Waals surface area contributed by atoms with Crippen molar-refractivity contribution in [1.82, 2.24) is 15.6 Å². The number of amides is 1. The van der Waals surface area contributed by atoms with E-state index in [-0.39, 0.29) is 5.91 Å². The Morgan fingerprint density at radius 2 is 2.05 bits per heavy atom. The van der Waals surface area contributed by atoms with Crippen molar-refractivity contribution in [2.45, 2.75) is 33.1 Å². The molecular weight excluding hydrogens is 280 g/mol. The van der Waals surface area contributed by atoms with Crippen LogP contribution in [0.4, 0.5) is 0 Å². The van der Waals surface area contributed by atoms with E-state index in [1.54, 1.807) is 0 Å². The number of hydrazine groups is 1. The largest absolute Gasteiger partial charge is 0.494 e. The predicted octanol–water partition coefficient (Wildman–Crippen LogP) is 2.56. The molecule has 0 aliphatic rings. The number of nitrogens with one attached hydrogen (secondary N) is 2. The smallest absolute Gasteiger partial charge is 0.283 e. The quantitative estimate of drug-likeness (QED) is 0.317. The zero-order valence-electron chi connectivity index (χ0n) is 13.0. The number of unbranched alkanes of at least 4 members (excludes halogenated alkanes) is 2. The van der Waals surface area contributed by atoms with Crippen LogP contribution in [0.15, 0.2) is 24.3 Å². The van der Waals surface area contributed by atoms with Gasteiger partial charge in [-0.15, -0.1) is 0 Å². The molecular formula is C16H22N4O2. The summed E-state index contributed by atoms with van der Waals surface area (Å²) in [4.78, 5) is 11.6. The minimum absolute atomic E-state index is 0.373. The number of H-pyrrole nitrogens is 1. The van der Waals surface area contributed by atoms with E-state index >= 15 is 0 Å². The number of carbonyl (C=O) groups is 1. The number of ether oxygens (including phenoxy) is 1. The Hall–Kier alpha value is -2.34. The normalized spacial score (nSPS) is 10.5. The van der Waals surface area contributed by atoms with Crippen LogP contribution in [0, 0.1) is 6.92 Å². The molecule has 0 bridgehead atoms. The van der Waals surface area contributed by atoms with Crippen molar-refractivity contribution in [1.29, 1.82) is 0 Å². The third-order valence-corrected chi connectivity index (χ3v) is 3.51. The highest BCUT2D eigenvalue weighted by atomic mass is 16.5. The van der Waals surface area contributed by atoms with Gasteiger partial charge in [-0.1, -0.05) is 19.8 Å². The average Bonchev–Trinajstić information content (AvgIpc) is 2.93. The number of aromatic nitrogens is 2. The predicted molar refractivity (Wildman–Crippen MR) is 85.4 cm³/mol. The first-order chi connectivity index (χ1) is 10.7. The molecule has 6 heteroatoms. The highest BCUT2D eigenvalue weighted by molar-refractivity contribution is 5.94. The molecule has 2 aromatic rings. The number of hydrogen-bond acceptors (Lipinski definition) is 4. The Balaban J connectivity index is 2.07. The molecule has 0 aliphatic carbocycles. The number of carbonyl (C=O) groups excluding carboxylic acids is 1. The standard InChI is InChI=1S/C16H22N4O2/c1-3-4-5-10-22-13-8-6-12(7-9-13)14-11(2)15(20-19-14)16(21)18-17/h6-9H,3-5,10,17H2,1-2H3,(H,18,21)(H,19,20). The van der Waals surface area contributed by atoms with Crippen LogP contribution in [0.3, 0.4) is 0 Å². The second-order valence-electron chi connectivity index (χ2n) is 5.13. The lowest BCUT2D eigenvalue weighted by Gasteiger charge is -2.06. The maximum atomic E-state index is 11.6. The van der Waals surface area contributed by atoms with Gasteiger partial charge in [-0.05, 0) is 37.6 Å². The van der Waals surface area contributed by atoms with E-state index in [0.29, 0.717) is 5.69 Å². The van der Waals surface area contributed by atoms with Crippen LogP contribution < -0.4 is 16.0 Å². The van der Waals surface area contributed by atoms with E-state index in [9.17, 15) is 4.79 Å². The highest BCUT2D eigenvalue weighted by Gasteiger charge is 2.15. The van der Waals surface area contributed by atoms with E-state index in [4.69, 9.17) is 10.6 Å². The zero-order chi connectivity index (χ0) is 15.9. The molecule has 22 heavy (non-hydrogen) atoms. The maximum absolute atomic E-state index is 11.6. The molecule has 1 heterocycles. The Kier molecular flexibility index (Phi) is 5.55. The minimum Gasteiger partial charge on any atom is -0.494 e. The summed E-state index contributed by atoms with van der Waals surface area (Å²) in [5.74, 6) is 5.60. The van der Waals surface area contributed by atoms with Crippen LogP contribution in [0.25, 0.3) is 11.3 Å². The Labute approximate surface area is 130 Å². The lowest BCUT2D eigenvalue weighted by atomic mass is 10.1. The SMILES string of the molecule is CCCCCOc1ccc(-c2n[nH]c(C(=O)NN)c2C)cc1. The van der Waals surface area contributed by atoms with E-state index < -0.39 is 0 Å². The number of nitrogen functional groups attached to an aromatic ring is 1. The third kappa shape index (κ3) is 3.65. The fraction of sp³-hybridized carbons (Fsp3) is 0.375. The molecule has 0 fully saturated rings. The fourth-order valence-corrected chi connectivity index (χ4v) is 2.22. The lowest BCUT2D eigenvalue weighted by Crippen LogP contribution is -2.30. The van der Waals surface area contributed by atoms with Gasteiger partial charge in [0.15, 0.2) is 0 Å². The van der Waals surface area contributed by atoms with Gasteiger partial charge in [0.2, 0.25) is 0 Å². The first-order valence-corrected chi connectivity index (χ1v) is 7.46. The van der Waals surface area contributed by atoms with Gasteiger partial charge in [-0.3, -0.25) is 15.3 Å². The summed E-state index contributed by atoms with van der Waals surface area (Å²) in [5, 5.41) is 6.90. The average molecular weight is 302 g/mol. The number of nitrogens with zero attached hydrogens (tertiary/aromatic N) is 1. The summed E-state index contributed by atoms with van der Waals surface area (Å²) in [5.41, 5.74) is 4.89. The van der Waals surface area contributed by atoms with Crippen LogP contribution in [0.5, 0.6) is 5.75 Å². The summed E-state index contributed by atoms with van der Waals surface area (Å²) in [6, 6.07) is 7.70. The third-order valence-electron chi connectivity index (χ3n) is 3.51. The summed E-state index contributed by atoms with van der Waals surface area (Å²) in [6.07, 6.45) is 3.42. The fourth-order valence-electron chi connectivity index (χ4n) is 2.22. The van der Waals surface area contributed by atoms with Crippen LogP contribution in [0.2, 0.25) is 0 Å². The molecule has 118 valence electrons. The van der Waals surface area contributed by atoms with Gasteiger partial charge >= 0.3 is 0 Å². The van der Waals surface area contributed by atoms with Gasteiger partial charge in [0.05, 0.1) is 12.3 Å². The van der Waals surface area contributed by atoms with Crippen LogP contribution in [-0.2, 0) is 0 Å². The number of benzene rings is 1. The molecule has 4 N–H and O–H groups in total. The molecule has 0 saturated carbocycles. The molecule has 0 atom stereocenters. The van der Waals surface area contributed by atoms with Crippen molar-refractivity contribution in [3.8, 4) is 17.0 Å². The highest BCUT2D eigenvalue weighted by Crippen LogP contribution is 2.25. The van der Waals surface area contributed by atoms with Crippen molar-refractivity contribution in [3.63, 3.8) is 0 Å². The summed E-state index contributed by atoms with van der Waals surface area (Å²) in [7, 11) is 0. The van der Waals surface area contributed by atoms with Gasteiger partial charge in [0.1, 0.15) is 11.4 Å². The Morgan fingerprint density at radius 1 is 1.32 bits per heavy atom. The number of rotatable bonds is 7. The summed E-state index contributed by atoms with van der Waals surface area (Å²) < 4.78 is 5.68. The maximum Gasteiger partial charge on any atom is 0.283 e. The van der Waals surface area contributed by atoms with Gasteiger partial charge in [-0.25, -0.2) is 5.84 Å². The van der Waals surface area contributed by atoms with Crippen molar-refractivity contribution in [2.75, 3.05) is 6.61 Å². The molecule has 0 unspecified atom stereocenters. The van der Waals surface area contributed by atoms with E-state index in [0.717, 1.165) is 35.6 Å². The summed E-state index contributed by atoms with van der Waals surface area (Å²) in [6.45, 7) is 4.73. The van der Waals surface area contributed by atoms with E-state index in [1.807, 2.05) is 31.2 Å². The first-order valence-electron chi connectivity index (χ1n) is 7.46. The van der Waals surface area contributed by atoms with Crippen molar-refractivity contribution < 1.29 is 9.53 Å². The Morgan fingerprint density at radius 3 is 2.68 bits per heavy atom. The molecule has 6 nitrogen and oxygen atoms in total. The molecule has 1 aromatic carbocycles. The second kappa shape index (κ2) is 7.61. The van der Waals surface area contributed by atoms with Gasteiger partial charge < -0.3 is 4.74 Å². The topological polar surface area (TPSA) is 93.0 Å². The number of aromatic amines is 1. The van der Waals surface area contributed by atoms with Crippen molar-refractivity contribution in [3.05, 3.63) is 35.5 Å². The molecule has 0 radical (unpaired) electrons. The molecule has 0 aliphatic heterocycles. The molecule has 0 spiro atoms. The van der Waals surface area contributed by atoms with Gasteiger partial charge in [0, 0.05) is 11.1 Å². The number of hydrogen-bond donors (Lipinski definition) is 3. The summed E-state index contributed by atoms with van der Waals surface area (Å²) >= 11 is 0. The molecule has 2 rings (SSSR count). The van der Waals surface area contributed by atoms with Crippen LogP contribution in [-0.4, -0.2) is 22.7 Å². The number of nitrogens with two attached hydrogens (primary N) is 1.